The molecule has 0 aliphatic heterocycles. The Balaban J connectivity index is 3.71. The van der Waals surface area contributed by atoms with Crippen molar-refractivity contribution in [3.05, 3.63) is 37.0 Å². The van der Waals surface area contributed by atoms with Crippen LogP contribution in [0.1, 0.15) is 26.2 Å². The Hall–Kier alpha value is -1.31. The van der Waals surface area contributed by atoms with Crippen LogP contribution in [0.3, 0.4) is 0 Å². The Bertz CT molecular complexity index is 226. The molecule has 0 N–H and O–H groups in total. The van der Waals surface area contributed by atoms with E-state index in [0.29, 0.717) is 19.4 Å². The summed E-state index contributed by atoms with van der Waals surface area (Å²) in [5.41, 5.74) is 1.03. The Morgan fingerprint density at radius 1 is 1.36 bits per heavy atom. The van der Waals surface area contributed by atoms with Crippen molar-refractivity contribution >= 4 is 5.97 Å². The van der Waals surface area contributed by atoms with Gasteiger partial charge in [0.15, 0.2) is 0 Å². The molecule has 0 heterocycles. The van der Waals surface area contributed by atoms with E-state index in [1.54, 1.807) is 12.2 Å². The first kappa shape index (κ1) is 12.7. The second-order valence-electron chi connectivity index (χ2n) is 2.90. The molecular formula is C12H18O2. The standard InChI is InChI=1S/C12H18O2/c1-4-7-11(6-3)9-10-14-12(13)8-5-2/h4,6-7H,1,3,5,8-10H2,2H3/b11-7+. The monoisotopic (exact) mass is 194 g/mol. The Morgan fingerprint density at radius 3 is 2.57 bits per heavy atom. The van der Waals surface area contributed by atoms with Crippen molar-refractivity contribution in [2.45, 2.75) is 26.2 Å². The summed E-state index contributed by atoms with van der Waals surface area (Å²) in [7, 11) is 0. The van der Waals surface area contributed by atoms with Gasteiger partial charge in [-0.1, -0.05) is 38.3 Å². The predicted octanol–water partition coefficient (Wildman–Crippen LogP) is 3.02. The SMILES string of the molecule is C=C/C=C(\C=C)CCOC(=O)CCC. The summed E-state index contributed by atoms with van der Waals surface area (Å²) in [6, 6.07) is 0. The molecule has 14 heavy (non-hydrogen) atoms. The highest BCUT2D eigenvalue weighted by Gasteiger charge is 2.00. The molecule has 0 rings (SSSR count). The molecule has 0 saturated carbocycles. The third-order valence-electron chi connectivity index (χ3n) is 1.70. The zero-order valence-electron chi connectivity index (χ0n) is 8.79. The summed E-state index contributed by atoms with van der Waals surface area (Å²) in [6.45, 7) is 9.62. The quantitative estimate of drug-likeness (QED) is 0.460. The minimum atomic E-state index is -0.130. The molecule has 0 spiro atoms. The maximum Gasteiger partial charge on any atom is 0.305 e. The first-order valence-electron chi connectivity index (χ1n) is 4.84. The molecule has 2 nitrogen and oxygen atoms in total. The maximum absolute atomic E-state index is 11.0. The third kappa shape index (κ3) is 6.23. The van der Waals surface area contributed by atoms with Crippen molar-refractivity contribution in [1.82, 2.24) is 0 Å². The summed E-state index contributed by atoms with van der Waals surface area (Å²) < 4.78 is 5.00. The summed E-state index contributed by atoms with van der Waals surface area (Å²) in [5, 5.41) is 0. The maximum atomic E-state index is 11.0. The smallest absolute Gasteiger partial charge is 0.305 e. The number of hydrogen-bond donors (Lipinski definition) is 0. The van der Waals surface area contributed by atoms with Crippen LogP contribution in [0.2, 0.25) is 0 Å². The number of allylic oxidation sites excluding steroid dienone is 3. The molecule has 0 aliphatic carbocycles. The highest BCUT2D eigenvalue weighted by atomic mass is 16.5. The van der Waals surface area contributed by atoms with E-state index in [-0.39, 0.29) is 5.97 Å². The van der Waals surface area contributed by atoms with Crippen molar-refractivity contribution in [1.29, 1.82) is 0 Å². The summed E-state index contributed by atoms with van der Waals surface area (Å²) in [4.78, 5) is 11.0. The van der Waals surface area contributed by atoms with E-state index < -0.39 is 0 Å². The minimum absolute atomic E-state index is 0.130. The van der Waals surface area contributed by atoms with Gasteiger partial charge in [0.2, 0.25) is 0 Å². The number of esters is 1. The first-order valence-corrected chi connectivity index (χ1v) is 4.84. The normalized spacial score (nSPS) is 10.8. The van der Waals surface area contributed by atoms with Crippen LogP contribution in [-0.2, 0) is 9.53 Å². The lowest BCUT2D eigenvalue weighted by Gasteiger charge is -2.03. The molecule has 0 saturated heterocycles. The van der Waals surface area contributed by atoms with Crippen LogP contribution in [-0.4, -0.2) is 12.6 Å². The average molecular weight is 194 g/mol. The van der Waals surface area contributed by atoms with Crippen LogP contribution in [0.5, 0.6) is 0 Å². The third-order valence-corrected chi connectivity index (χ3v) is 1.70. The topological polar surface area (TPSA) is 26.3 Å². The van der Waals surface area contributed by atoms with E-state index in [0.717, 1.165) is 12.0 Å². The number of rotatable bonds is 7. The fraction of sp³-hybridized carbons (Fsp3) is 0.417. The summed E-state index contributed by atoms with van der Waals surface area (Å²) in [5.74, 6) is -0.130. The lowest BCUT2D eigenvalue weighted by molar-refractivity contribution is -0.143. The Labute approximate surface area is 86.0 Å². The van der Waals surface area contributed by atoms with E-state index in [9.17, 15) is 4.79 Å². The molecule has 78 valence electrons. The van der Waals surface area contributed by atoms with Crippen LogP contribution < -0.4 is 0 Å². The van der Waals surface area contributed by atoms with Crippen molar-refractivity contribution in [2.24, 2.45) is 0 Å². The molecule has 0 aromatic heterocycles. The molecule has 2 heteroatoms. The molecule has 0 bridgehead atoms. The van der Waals surface area contributed by atoms with Gasteiger partial charge >= 0.3 is 5.97 Å². The van der Waals surface area contributed by atoms with E-state index in [1.165, 1.54) is 0 Å². The van der Waals surface area contributed by atoms with E-state index >= 15 is 0 Å². The molecule has 0 atom stereocenters. The van der Waals surface area contributed by atoms with Crippen molar-refractivity contribution in [3.63, 3.8) is 0 Å². The number of carbonyl (C=O) groups is 1. The van der Waals surface area contributed by atoms with Crippen LogP contribution in [0, 0.1) is 0 Å². The van der Waals surface area contributed by atoms with E-state index in [4.69, 9.17) is 4.74 Å². The largest absolute Gasteiger partial charge is 0.465 e. The molecule has 0 aromatic carbocycles. The first-order chi connectivity index (χ1) is 6.74. The van der Waals surface area contributed by atoms with Gasteiger partial charge in [0.05, 0.1) is 6.61 Å². The highest BCUT2D eigenvalue weighted by molar-refractivity contribution is 5.69. The fourth-order valence-electron chi connectivity index (χ4n) is 0.964. The molecular weight excluding hydrogens is 176 g/mol. The highest BCUT2D eigenvalue weighted by Crippen LogP contribution is 2.03. The average Bonchev–Trinajstić information content (AvgIpc) is 2.17. The van der Waals surface area contributed by atoms with Crippen molar-refractivity contribution < 1.29 is 9.53 Å². The number of ether oxygens (including phenoxy) is 1. The molecule has 0 radical (unpaired) electrons. The van der Waals surface area contributed by atoms with Gasteiger partial charge in [-0.05, 0) is 12.0 Å². The second kappa shape index (κ2) is 8.30. The Kier molecular flexibility index (Phi) is 7.52. The second-order valence-corrected chi connectivity index (χ2v) is 2.90. The molecule has 0 unspecified atom stereocenters. The minimum Gasteiger partial charge on any atom is -0.465 e. The lowest BCUT2D eigenvalue weighted by Crippen LogP contribution is -2.05. The van der Waals surface area contributed by atoms with Crippen LogP contribution >= 0.6 is 0 Å². The molecule has 0 amide bonds. The van der Waals surface area contributed by atoms with Crippen LogP contribution in [0.4, 0.5) is 0 Å². The lowest BCUT2D eigenvalue weighted by atomic mass is 10.2. The zero-order chi connectivity index (χ0) is 10.8. The van der Waals surface area contributed by atoms with Gasteiger partial charge in [-0.2, -0.15) is 0 Å². The van der Waals surface area contributed by atoms with Gasteiger partial charge < -0.3 is 4.74 Å². The Morgan fingerprint density at radius 2 is 2.07 bits per heavy atom. The molecule has 0 aromatic rings. The fourth-order valence-corrected chi connectivity index (χ4v) is 0.964. The van der Waals surface area contributed by atoms with E-state index in [1.807, 2.05) is 13.0 Å². The van der Waals surface area contributed by atoms with Gasteiger partial charge in [-0.3, -0.25) is 4.79 Å². The van der Waals surface area contributed by atoms with E-state index in [2.05, 4.69) is 13.2 Å². The predicted molar refractivity (Wildman–Crippen MR) is 59.0 cm³/mol. The number of carbonyl (C=O) groups excluding carboxylic acids is 1. The van der Waals surface area contributed by atoms with Crippen molar-refractivity contribution in [3.8, 4) is 0 Å². The van der Waals surface area contributed by atoms with Gasteiger partial charge in [0.1, 0.15) is 0 Å². The summed E-state index contributed by atoms with van der Waals surface area (Å²) in [6.07, 6.45) is 7.33. The molecule has 0 fully saturated rings. The van der Waals surface area contributed by atoms with Crippen LogP contribution in [0.25, 0.3) is 0 Å². The zero-order valence-corrected chi connectivity index (χ0v) is 8.79. The van der Waals surface area contributed by atoms with Crippen molar-refractivity contribution in [2.75, 3.05) is 6.61 Å². The van der Waals surface area contributed by atoms with Gasteiger partial charge in [-0.15, -0.1) is 0 Å². The number of hydrogen-bond acceptors (Lipinski definition) is 2. The summed E-state index contributed by atoms with van der Waals surface area (Å²) >= 11 is 0. The molecule has 0 aliphatic rings. The van der Waals surface area contributed by atoms with Gasteiger partial charge in [0, 0.05) is 12.8 Å². The van der Waals surface area contributed by atoms with Crippen LogP contribution in [0.15, 0.2) is 37.0 Å². The van der Waals surface area contributed by atoms with Gasteiger partial charge in [-0.25, -0.2) is 0 Å². The van der Waals surface area contributed by atoms with Gasteiger partial charge in [0.25, 0.3) is 0 Å².